The van der Waals surface area contributed by atoms with Gasteiger partial charge in [-0.25, -0.2) is 4.98 Å². The van der Waals surface area contributed by atoms with Crippen LogP contribution in [0.15, 0.2) is 42.5 Å². The van der Waals surface area contributed by atoms with Crippen LogP contribution in [0.5, 0.6) is 5.75 Å². The first-order chi connectivity index (χ1) is 10.2. The van der Waals surface area contributed by atoms with Crippen LogP contribution in [0.3, 0.4) is 0 Å². The van der Waals surface area contributed by atoms with Crippen molar-refractivity contribution in [1.82, 2.24) is 9.55 Å². The molecule has 2 N–H and O–H groups in total. The van der Waals surface area contributed by atoms with Gasteiger partial charge in [0.2, 0.25) is 5.95 Å². The SMILES string of the molecule is COc1ccc(CCn2c(N)nc3cccc(C)c32)cc1. The molecule has 4 nitrogen and oxygen atoms in total. The van der Waals surface area contributed by atoms with Crippen molar-refractivity contribution >= 4 is 17.0 Å². The van der Waals surface area contributed by atoms with E-state index >= 15 is 0 Å². The van der Waals surface area contributed by atoms with Crippen LogP contribution in [0.25, 0.3) is 11.0 Å². The summed E-state index contributed by atoms with van der Waals surface area (Å²) < 4.78 is 7.27. The van der Waals surface area contributed by atoms with Gasteiger partial charge in [-0.05, 0) is 42.7 Å². The van der Waals surface area contributed by atoms with Gasteiger partial charge in [0.05, 0.1) is 18.1 Å². The molecule has 2 aromatic carbocycles. The topological polar surface area (TPSA) is 53.1 Å². The summed E-state index contributed by atoms with van der Waals surface area (Å²) in [6.45, 7) is 2.91. The minimum Gasteiger partial charge on any atom is -0.497 e. The van der Waals surface area contributed by atoms with Crippen LogP contribution in [0.4, 0.5) is 5.95 Å². The fraction of sp³-hybridized carbons (Fsp3) is 0.235. The number of aryl methyl sites for hydroxylation is 3. The summed E-state index contributed by atoms with van der Waals surface area (Å²) in [6, 6.07) is 14.2. The molecule has 0 aliphatic heterocycles. The van der Waals surface area contributed by atoms with Gasteiger partial charge in [0.25, 0.3) is 0 Å². The lowest BCUT2D eigenvalue weighted by Crippen LogP contribution is -2.06. The summed E-state index contributed by atoms with van der Waals surface area (Å²) in [5.74, 6) is 1.45. The number of para-hydroxylation sites is 1. The van der Waals surface area contributed by atoms with E-state index < -0.39 is 0 Å². The Morgan fingerprint density at radius 3 is 2.62 bits per heavy atom. The molecule has 0 fully saturated rings. The van der Waals surface area contributed by atoms with E-state index in [0.717, 1.165) is 29.7 Å². The van der Waals surface area contributed by atoms with Crippen molar-refractivity contribution in [1.29, 1.82) is 0 Å². The fourth-order valence-electron chi connectivity index (χ4n) is 2.64. The van der Waals surface area contributed by atoms with E-state index in [2.05, 4.69) is 34.7 Å². The quantitative estimate of drug-likeness (QED) is 0.799. The standard InChI is InChI=1S/C17H19N3O/c1-12-4-3-5-15-16(12)20(17(18)19-15)11-10-13-6-8-14(21-2)9-7-13/h3-9H,10-11H2,1-2H3,(H2,18,19). The maximum Gasteiger partial charge on any atom is 0.201 e. The van der Waals surface area contributed by atoms with E-state index in [1.807, 2.05) is 24.3 Å². The Hall–Kier alpha value is -2.49. The molecule has 0 spiro atoms. The maximum absolute atomic E-state index is 6.06. The molecule has 4 heteroatoms. The number of hydrogen-bond acceptors (Lipinski definition) is 3. The normalized spacial score (nSPS) is 11.0. The van der Waals surface area contributed by atoms with Crippen molar-refractivity contribution in [3.63, 3.8) is 0 Å². The van der Waals surface area contributed by atoms with E-state index in [9.17, 15) is 0 Å². The Kier molecular flexibility index (Phi) is 3.52. The van der Waals surface area contributed by atoms with Gasteiger partial charge in [0.1, 0.15) is 5.75 Å². The van der Waals surface area contributed by atoms with Crippen LogP contribution in [0, 0.1) is 6.92 Å². The lowest BCUT2D eigenvalue weighted by molar-refractivity contribution is 0.414. The summed E-state index contributed by atoms with van der Waals surface area (Å²) in [6.07, 6.45) is 0.911. The maximum atomic E-state index is 6.06. The number of nitrogens with two attached hydrogens (primary N) is 1. The zero-order chi connectivity index (χ0) is 14.8. The number of benzene rings is 2. The number of nitrogen functional groups attached to an aromatic ring is 1. The number of ether oxygens (including phenoxy) is 1. The van der Waals surface area contributed by atoms with Crippen LogP contribution in [-0.2, 0) is 13.0 Å². The zero-order valence-electron chi connectivity index (χ0n) is 12.3. The lowest BCUT2D eigenvalue weighted by Gasteiger charge is -2.09. The number of imidazole rings is 1. The largest absolute Gasteiger partial charge is 0.497 e. The third-order valence-corrected chi connectivity index (χ3v) is 3.78. The van der Waals surface area contributed by atoms with Crippen molar-refractivity contribution in [3.05, 3.63) is 53.6 Å². The Morgan fingerprint density at radius 1 is 1.14 bits per heavy atom. The fourth-order valence-corrected chi connectivity index (χ4v) is 2.64. The van der Waals surface area contributed by atoms with Gasteiger partial charge in [0.15, 0.2) is 0 Å². The Morgan fingerprint density at radius 2 is 1.90 bits per heavy atom. The number of nitrogens with zero attached hydrogens (tertiary/aromatic N) is 2. The number of hydrogen-bond donors (Lipinski definition) is 1. The summed E-state index contributed by atoms with van der Waals surface area (Å²) in [5, 5.41) is 0. The van der Waals surface area contributed by atoms with Gasteiger partial charge in [0, 0.05) is 6.54 Å². The molecule has 0 radical (unpaired) electrons. The van der Waals surface area contributed by atoms with Crippen LogP contribution in [0.1, 0.15) is 11.1 Å². The second kappa shape index (κ2) is 5.48. The molecule has 3 aromatic rings. The highest BCUT2D eigenvalue weighted by Gasteiger charge is 2.09. The molecule has 0 aliphatic carbocycles. The molecule has 0 atom stereocenters. The Bertz CT molecular complexity index is 760. The zero-order valence-corrected chi connectivity index (χ0v) is 12.3. The monoisotopic (exact) mass is 281 g/mol. The highest BCUT2D eigenvalue weighted by Crippen LogP contribution is 2.22. The minimum atomic E-state index is 0.577. The van der Waals surface area contributed by atoms with Gasteiger partial charge >= 0.3 is 0 Å². The number of anilines is 1. The van der Waals surface area contributed by atoms with Crippen LogP contribution in [0.2, 0.25) is 0 Å². The van der Waals surface area contributed by atoms with Gasteiger partial charge in [-0.3, -0.25) is 0 Å². The molecular weight excluding hydrogens is 262 g/mol. The van der Waals surface area contributed by atoms with Gasteiger partial charge in [-0.15, -0.1) is 0 Å². The number of fused-ring (bicyclic) bond motifs is 1. The van der Waals surface area contributed by atoms with E-state index in [0.29, 0.717) is 5.95 Å². The van der Waals surface area contributed by atoms with Crippen molar-refractivity contribution in [2.24, 2.45) is 0 Å². The molecule has 0 saturated heterocycles. The molecule has 3 rings (SSSR count). The molecule has 1 heterocycles. The van der Waals surface area contributed by atoms with Crippen molar-refractivity contribution in [2.45, 2.75) is 19.9 Å². The average molecular weight is 281 g/mol. The van der Waals surface area contributed by atoms with Gasteiger partial charge in [-0.2, -0.15) is 0 Å². The summed E-state index contributed by atoms with van der Waals surface area (Å²) in [5.41, 5.74) is 10.6. The first kappa shape index (κ1) is 13.5. The molecular formula is C17H19N3O. The van der Waals surface area contributed by atoms with E-state index in [-0.39, 0.29) is 0 Å². The van der Waals surface area contributed by atoms with Gasteiger partial charge in [-0.1, -0.05) is 24.3 Å². The molecule has 0 saturated carbocycles. The third-order valence-electron chi connectivity index (χ3n) is 3.78. The van der Waals surface area contributed by atoms with Crippen molar-refractivity contribution in [2.75, 3.05) is 12.8 Å². The van der Waals surface area contributed by atoms with Crippen LogP contribution < -0.4 is 10.5 Å². The van der Waals surface area contributed by atoms with Crippen molar-refractivity contribution in [3.8, 4) is 5.75 Å². The minimum absolute atomic E-state index is 0.577. The number of methoxy groups -OCH3 is 1. The Labute approximate surface area is 124 Å². The van der Waals surface area contributed by atoms with Crippen LogP contribution >= 0.6 is 0 Å². The molecule has 0 amide bonds. The number of aromatic nitrogens is 2. The highest BCUT2D eigenvalue weighted by molar-refractivity contribution is 5.81. The molecule has 0 unspecified atom stereocenters. The second-order valence-electron chi connectivity index (χ2n) is 5.16. The molecule has 0 aliphatic rings. The predicted octanol–water partition coefficient (Wildman–Crippen LogP) is 3.18. The van der Waals surface area contributed by atoms with Crippen LogP contribution in [-0.4, -0.2) is 16.7 Å². The van der Waals surface area contributed by atoms with Gasteiger partial charge < -0.3 is 15.0 Å². The third kappa shape index (κ3) is 2.57. The lowest BCUT2D eigenvalue weighted by atomic mass is 10.1. The first-order valence-corrected chi connectivity index (χ1v) is 7.03. The van der Waals surface area contributed by atoms with E-state index in [1.165, 1.54) is 11.1 Å². The highest BCUT2D eigenvalue weighted by atomic mass is 16.5. The number of rotatable bonds is 4. The second-order valence-corrected chi connectivity index (χ2v) is 5.16. The average Bonchev–Trinajstić information content (AvgIpc) is 2.82. The van der Waals surface area contributed by atoms with Crippen molar-refractivity contribution < 1.29 is 4.74 Å². The predicted molar refractivity (Wildman–Crippen MR) is 85.6 cm³/mol. The summed E-state index contributed by atoms with van der Waals surface area (Å²) in [7, 11) is 1.68. The first-order valence-electron chi connectivity index (χ1n) is 7.03. The smallest absolute Gasteiger partial charge is 0.201 e. The molecule has 1 aromatic heterocycles. The summed E-state index contributed by atoms with van der Waals surface area (Å²) >= 11 is 0. The molecule has 21 heavy (non-hydrogen) atoms. The molecule has 0 bridgehead atoms. The van der Waals surface area contributed by atoms with E-state index in [4.69, 9.17) is 10.5 Å². The van der Waals surface area contributed by atoms with E-state index in [1.54, 1.807) is 7.11 Å². The summed E-state index contributed by atoms with van der Waals surface area (Å²) in [4.78, 5) is 4.43. The Balaban J connectivity index is 1.86. The molecule has 108 valence electrons.